The zero-order chi connectivity index (χ0) is 43.4. The average Bonchev–Trinajstić information content (AvgIpc) is 3.47. The topological polar surface area (TPSA) is 171 Å². The Kier molecular flexibility index (Phi) is 10.9. The van der Waals surface area contributed by atoms with Crippen LogP contribution in [0.2, 0.25) is 0 Å². The van der Waals surface area contributed by atoms with Crippen LogP contribution in [0.4, 0.5) is 5.69 Å². The van der Waals surface area contributed by atoms with Crippen LogP contribution >= 0.6 is 0 Å². The molecule has 4 heterocycles. The lowest BCUT2D eigenvalue weighted by Crippen LogP contribution is -2.74. The minimum Gasteiger partial charge on any atom is -0.492 e. The molecule has 3 aromatic carbocycles. The summed E-state index contributed by atoms with van der Waals surface area (Å²) in [4.78, 5) is 69.5. The van der Waals surface area contributed by atoms with E-state index in [0.29, 0.717) is 36.6 Å². The van der Waals surface area contributed by atoms with E-state index in [1.54, 1.807) is 18.2 Å². The highest BCUT2D eigenvalue weighted by Crippen LogP contribution is 2.55. The summed E-state index contributed by atoms with van der Waals surface area (Å²) in [5.41, 5.74) is 3.59. The van der Waals surface area contributed by atoms with Gasteiger partial charge in [0.05, 0.1) is 35.0 Å². The van der Waals surface area contributed by atoms with Crippen molar-refractivity contribution < 1.29 is 38.2 Å². The molecule has 4 aliphatic heterocycles. The largest absolute Gasteiger partial charge is 0.492 e. The number of hydrogen-bond donors (Lipinski definition) is 2. The molecule has 5 aliphatic rings. The number of benzene rings is 3. The van der Waals surface area contributed by atoms with Crippen LogP contribution in [0.25, 0.3) is 0 Å². The smallest absolute Gasteiger partial charge is 0.262 e. The van der Waals surface area contributed by atoms with Crippen LogP contribution in [0.1, 0.15) is 101 Å². The Balaban J connectivity index is 0.806. The van der Waals surface area contributed by atoms with Crippen LogP contribution in [0, 0.1) is 36.0 Å². The highest BCUT2D eigenvalue weighted by atomic mass is 16.5. The number of imide groups is 2. The van der Waals surface area contributed by atoms with E-state index in [4.69, 9.17) is 14.2 Å². The molecule has 4 fully saturated rings. The number of nitriles is 1. The maximum Gasteiger partial charge on any atom is 0.262 e. The van der Waals surface area contributed by atoms with Gasteiger partial charge in [-0.05, 0) is 98.8 Å². The molecule has 1 atom stereocenters. The molecule has 8 rings (SSSR count). The molecule has 0 radical (unpaired) electrons. The minimum absolute atomic E-state index is 0.0652. The third-order valence-corrected chi connectivity index (χ3v) is 13.6. The second kappa shape index (κ2) is 15.9. The quantitative estimate of drug-likeness (QED) is 0.266. The van der Waals surface area contributed by atoms with Crippen LogP contribution in [0.3, 0.4) is 0 Å². The van der Waals surface area contributed by atoms with Crippen molar-refractivity contribution in [2.45, 2.75) is 91.0 Å². The van der Waals surface area contributed by atoms with Gasteiger partial charge < -0.3 is 24.4 Å². The van der Waals surface area contributed by atoms with Gasteiger partial charge >= 0.3 is 0 Å². The van der Waals surface area contributed by atoms with E-state index in [9.17, 15) is 29.2 Å². The van der Waals surface area contributed by atoms with Gasteiger partial charge in [0.15, 0.2) is 0 Å². The maximum absolute atomic E-state index is 13.6. The van der Waals surface area contributed by atoms with Crippen molar-refractivity contribution in [1.82, 2.24) is 20.4 Å². The highest BCUT2D eigenvalue weighted by Gasteiger charge is 2.64. The molecular weight excluding hydrogens is 777 g/mol. The molecule has 14 heteroatoms. The van der Waals surface area contributed by atoms with Gasteiger partial charge in [-0.2, -0.15) is 5.26 Å². The van der Waals surface area contributed by atoms with Gasteiger partial charge in [-0.3, -0.25) is 39.1 Å². The van der Waals surface area contributed by atoms with Crippen LogP contribution in [0.15, 0.2) is 54.6 Å². The van der Waals surface area contributed by atoms with Crippen molar-refractivity contribution in [3.05, 3.63) is 88.0 Å². The summed E-state index contributed by atoms with van der Waals surface area (Å²) in [5.74, 6) is -1.08. The molecule has 61 heavy (non-hydrogen) atoms. The number of aryl methyl sites for hydroxylation is 2. The number of piperidine rings is 2. The Morgan fingerprint density at radius 2 is 1.57 bits per heavy atom. The molecule has 3 saturated heterocycles. The van der Waals surface area contributed by atoms with Crippen molar-refractivity contribution >= 4 is 35.2 Å². The number of rotatable bonds is 10. The highest BCUT2D eigenvalue weighted by molar-refractivity contribution is 6.23. The van der Waals surface area contributed by atoms with E-state index in [2.05, 4.69) is 54.2 Å². The number of nitrogens with zero attached hydrogens (tertiary/aromatic N) is 4. The maximum atomic E-state index is 13.6. The van der Waals surface area contributed by atoms with Crippen molar-refractivity contribution in [3.63, 3.8) is 0 Å². The number of morpholine rings is 1. The number of ether oxygens (including phenoxy) is 3. The van der Waals surface area contributed by atoms with Gasteiger partial charge in [-0.25, -0.2) is 0 Å². The predicted molar refractivity (Wildman–Crippen MR) is 225 cm³/mol. The first-order chi connectivity index (χ1) is 29.0. The first-order valence-corrected chi connectivity index (χ1v) is 21.2. The molecule has 5 amide bonds. The monoisotopic (exact) mass is 830 g/mol. The Labute approximate surface area is 356 Å². The fourth-order valence-corrected chi connectivity index (χ4v) is 10.6. The Hall–Kier alpha value is -5.78. The zero-order valence-corrected chi connectivity index (χ0v) is 35.8. The Bertz CT molecular complexity index is 2290. The van der Waals surface area contributed by atoms with Crippen molar-refractivity contribution in [3.8, 4) is 17.6 Å². The lowest BCUT2D eigenvalue weighted by molar-refractivity contribution is -0.164. The van der Waals surface area contributed by atoms with E-state index < -0.39 is 29.7 Å². The molecule has 14 nitrogen and oxygen atoms in total. The number of carbonyl (C=O) groups is 5. The number of nitrogens with one attached hydrogen (secondary N) is 2. The third-order valence-electron chi connectivity index (χ3n) is 13.6. The van der Waals surface area contributed by atoms with Gasteiger partial charge in [0.1, 0.15) is 30.3 Å². The summed E-state index contributed by atoms with van der Waals surface area (Å²) in [6.45, 7) is 17.2. The van der Waals surface area contributed by atoms with Crippen LogP contribution < -0.4 is 25.0 Å². The van der Waals surface area contributed by atoms with E-state index in [1.165, 1.54) is 0 Å². The van der Waals surface area contributed by atoms with Crippen LogP contribution in [-0.4, -0.2) is 109 Å². The van der Waals surface area contributed by atoms with E-state index in [0.717, 1.165) is 66.5 Å². The number of anilines is 1. The molecule has 1 saturated carbocycles. The first-order valence-electron chi connectivity index (χ1n) is 21.2. The standard InChI is InChI=1S/C47H54N6O8/c1-28-23-33(24-29(2)36(28)26-48)61-44-45(3,4)43(46(44,5)6)50-39(55)30-7-9-31(10-8-30)52-17-15-47(16-18-52)27-51(20-22-60-47)19-21-59-32-11-12-34-35(25-32)42(58)53(41(34)57)37-13-14-38(54)49-40(37)56/h7-12,23-25,37,43-44H,13-22,27H2,1-6H3,(H,50,55)(H,49,54,56)/t37-,43?,44?/m1/s1. The SMILES string of the molecule is Cc1cc(OC2C(C)(C)C(NC(=O)c3ccc(N4CCC5(CC4)CN(CCOc4ccc6c(c4)C(=O)N([C@@H]4CCC(=O)NC4=O)C6=O)CCO5)cc3)C2(C)C)cc(C)c1C#N. The van der Waals surface area contributed by atoms with Crippen molar-refractivity contribution in [2.24, 2.45) is 10.8 Å². The minimum atomic E-state index is -1.01. The summed E-state index contributed by atoms with van der Waals surface area (Å²) >= 11 is 0. The molecule has 0 aromatic heterocycles. The van der Waals surface area contributed by atoms with Crippen molar-refractivity contribution in [2.75, 3.05) is 50.8 Å². The normalized spacial score (nSPS) is 24.1. The Morgan fingerprint density at radius 3 is 2.23 bits per heavy atom. The summed E-state index contributed by atoms with van der Waals surface area (Å²) in [6, 6.07) is 17.6. The predicted octanol–water partition coefficient (Wildman–Crippen LogP) is 4.94. The number of amides is 5. The van der Waals surface area contributed by atoms with Crippen LogP contribution in [-0.2, 0) is 14.3 Å². The fourth-order valence-electron chi connectivity index (χ4n) is 10.6. The lowest BCUT2D eigenvalue weighted by Gasteiger charge is -2.63. The summed E-state index contributed by atoms with van der Waals surface area (Å²) in [5, 5.41) is 15.0. The third kappa shape index (κ3) is 7.74. The van der Waals surface area contributed by atoms with E-state index >= 15 is 0 Å². The second-order valence-corrected chi connectivity index (χ2v) is 18.4. The molecule has 0 bridgehead atoms. The van der Waals surface area contributed by atoms with Crippen molar-refractivity contribution in [1.29, 1.82) is 5.26 Å². The molecule has 1 spiro atoms. The van der Waals surface area contributed by atoms with Gasteiger partial charge in [0, 0.05) is 67.3 Å². The Morgan fingerprint density at radius 1 is 0.902 bits per heavy atom. The summed E-state index contributed by atoms with van der Waals surface area (Å²) < 4.78 is 19.0. The van der Waals surface area contributed by atoms with Crippen LogP contribution in [0.5, 0.6) is 11.5 Å². The van der Waals surface area contributed by atoms with E-state index in [1.807, 2.05) is 50.2 Å². The number of hydrogen-bond acceptors (Lipinski definition) is 11. The molecule has 2 N–H and O–H groups in total. The molecule has 1 aliphatic carbocycles. The number of fused-ring (bicyclic) bond motifs is 1. The summed E-state index contributed by atoms with van der Waals surface area (Å²) in [7, 11) is 0. The van der Waals surface area contributed by atoms with Gasteiger partial charge in [0.2, 0.25) is 11.8 Å². The fraction of sp³-hybridized carbons (Fsp3) is 0.489. The van der Waals surface area contributed by atoms with Gasteiger partial charge in [0.25, 0.3) is 17.7 Å². The van der Waals surface area contributed by atoms with Gasteiger partial charge in [-0.1, -0.05) is 27.7 Å². The molecule has 0 unspecified atom stereocenters. The number of carbonyl (C=O) groups excluding carboxylic acids is 5. The van der Waals surface area contributed by atoms with Gasteiger partial charge in [-0.15, -0.1) is 0 Å². The molecule has 320 valence electrons. The molecular formula is C47H54N6O8. The first kappa shape index (κ1) is 41.9. The molecule has 3 aromatic rings. The zero-order valence-electron chi connectivity index (χ0n) is 35.8. The lowest BCUT2D eigenvalue weighted by atomic mass is 9.49. The van der Waals surface area contributed by atoms with E-state index in [-0.39, 0.29) is 58.5 Å². The second-order valence-electron chi connectivity index (χ2n) is 18.4. The average molecular weight is 831 g/mol. The summed E-state index contributed by atoms with van der Waals surface area (Å²) in [6.07, 6.45) is 1.74.